The molecule has 0 saturated carbocycles. The average molecular weight is 445 g/mol. The normalized spacial score (nSPS) is 14.8. The van der Waals surface area contributed by atoms with Gasteiger partial charge in [-0.3, -0.25) is 9.59 Å². The summed E-state index contributed by atoms with van der Waals surface area (Å²) in [5.74, 6) is 1.36. The monoisotopic (exact) mass is 444 g/mol. The number of ketones is 2. The van der Waals surface area contributed by atoms with Crippen molar-refractivity contribution in [3.63, 3.8) is 0 Å². The second-order valence-electron chi connectivity index (χ2n) is 6.70. The molecule has 0 bridgehead atoms. The molecule has 2 nitrogen and oxygen atoms in total. The largest absolute Gasteiger partial charge is 0.289 e. The Morgan fingerprint density at radius 1 is 0.645 bits per heavy atom. The van der Waals surface area contributed by atoms with Crippen LogP contribution in [0.4, 0.5) is 0 Å². The highest BCUT2D eigenvalue weighted by Crippen LogP contribution is 2.37. The van der Waals surface area contributed by atoms with E-state index in [1.807, 2.05) is 85.0 Å². The highest BCUT2D eigenvalue weighted by molar-refractivity contribution is 8.22. The predicted molar refractivity (Wildman–Crippen MR) is 136 cm³/mol. The van der Waals surface area contributed by atoms with Crippen LogP contribution in [0.2, 0.25) is 0 Å². The van der Waals surface area contributed by atoms with E-state index in [4.69, 9.17) is 0 Å². The van der Waals surface area contributed by atoms with Crippen molar-refractivity contribution in [2.75, 3.05) is 11.5 Å². The molecule has 2 aromatic carbocycles. The van der Waals surface area contributed by atoms with Crippen LogP contribution in [0.5, 0.6) is 0 Å². The lowest BCUT2D eigenvalue weighted by Crippen LogP contribution is -2.12. The van der Waals surface area contributed by atoms with Gasteiger partial charge in [-0.2, -0.15) is 0 Å². The summed E-state index contributed by atoms with van der Waals surface area (Å²) in [6.07, 6.45) is 14.9. The van der Waals surface area contributed by atoms with E-state index in [1.54, 1.807) is 35.7 Å². The molecule has 0 radical (unpaired) electrons. The van der Waals surface area contributed by atoms with Crippen LogP contribution in [-0.2, 0) is 9.59 Å². The Morgan fingerprint density at radius 3 is 1.55 bits per heavy atom. The van der Waals surface area contributed by atoms with Crippen LogP contribution in [0.25, 0.3) is 12.2 Å². The van der Waals surface area contributed by atoms with Crippen molar-refractivity contribution < 1.29 is 9.59 Å². The van der Waals surface area contributed by atoms with Gasteiger partial charge in [0.2, 0.25) is 0 Å². The van der Waals surface area contributed by atoms with E-state index in [9.17, 15) is 9.59 Å². The maximum atomic E-state index is 12.9. The molecule has 3 rings (SSSR count). The molecule has 0 amide bonds. The van der Waals surface area contributed by atoms with Crippen LogP contribution < -0.4 is 0 Å². The van der Waals surface area contributed by atoms with Gasteiger partial charge >= 0.3 is 0 Å². The quantitative estimate of drug-likeness (QED) is 0.195. The van der Waals surface area contributed by atoms with Crippen molar-refractivity contribution in [1.82, 2.24) is 0 Å². The first kappa shape index (κ1) is 22.9. The van der Waals surface area contributed by atoms with Crippen LogP contribution in [-0.4, -0.2) is 23.1 Å². The first-order chi connectivity index (χ1) is 15.2. The molecule has 4 heteroatoms. The van der Waals surface area contributed by atoms with Crippen molar-refractivity contribution in [3.8, 4) is 0 Å². The minimum Gasteiger partial charge on any atom is -0.289 e. The third-order valence-corrected chi connectivity index (χ3v) is 6.97. The zero-order chi connectivity index (χ0) is 21.7. The number of allylic oxidation sites excluding steroid dienone is 7. The summed E-state index contributed by atoms with van der Waals surface area (Å²) >= 11 is 3.19. The molecule has 1 saturated heterocycles. The molecule has 2 aromatic rings. The Morgan fingerprint density at radius 2 is 1.10 bits per heavy atom. The van der Waals surface area contributed by atoms with Crippen LogP contribution >= 0.6 is 23.5 Å². The lowest BCUT2D eigenvalue weighted by atomic mass is 10.1. The van der Waals surface area contributed by atoms with Gasteiger partial charge in [0, 0.05) is 0 Å². The number of carbonyl (C=O) groups excluding carboxylic acids is 2. The van der Waals surface area contributed by atoms with E-state index in [-0.39, 0.29) is 17.1 Å². The highest BCUT2D eigenvalue weighted by Gasteiger charge is 2.22. The van der Waals surface area contributed by atoms with E-state index < -0.39 is 0 Å². The molecular formula is C27H24O2S2. The Hall–Kier alpha value is -2.82. The van der Waals surface area contributed by atoms with Gasteiger partial charge in [0.25, 0.3) is 0 Å². The molecule has 0 aliphatic carbocycles. The SMILES string of the molecule is O=C(/C=C/C=C/c1ccccc1)C(C(=O)/C=C/C=C/c1ccccc1)=C1SCCCS1. The van der Waals surface area contributed by atoms with E-state index >= 15 is 0 Å². The molecule has 0 aromatic heterocycles. The third-order valence-electron chi connectivity index (χ3n) is 4.35. The van der Waals surface area contributed by atoms with Crippen LogP contribution in [0.3, 0.4) is 0 Å². The summed E-state index contributed by atoms with van der Waals surface area (Å²) in [6.45, 7) is 0. The fourth-order valence-electron chi connectivity index (χ4n) is 2.81. The topological polar surface area (TPSA) is 34.1 Å². The van der Waals surface area contributed by atoms with Crippen LogP contribution in [0, 0.1) is 0 Å². The molecule has 1 fully saturated rings. The van der Waals surface area contributed by atoms with Crippen molar-refractivity contribution in [2.45, 2.75) is 6.42 Å². The van der Waals surface area contributed by atoms with Gasteiger partial charge in [-0.1, -0.05) is 97.1 Å². The Bertz CT molecular complexity index is 948. The molecule has 0 atom stereocenters. The molecule has 1 aliphatic heterocycles. The van der Waals surface area contributed by atoms with E-state index in [0.717, 1.165) is 33.3 Å². The van der Waals surface area contributed by atoms with E-state index in [1.165, 1.54) is 12.2 Å². The molecule has 31 heavy (non-hydrogen) atoms. The first-order valence-corrected chi connectivity index (χ1v) is 12.1. The average Bonchev–Trinajstić information content (AvgIpc) is 2.82. The van der Waals surface area contributed by atoms with E-state index in [2.05, 4.69) is 0 Å². The summed E-state index contributed by atoms with van der Waals surface area (Å²) in [4.78, 5) is 25.7. The highest BCUT2D eigenvalue weighted by atomic mass is 32.2. The minimum absolute atomic E-state index is 0.253. The lowest BCUT2D eigenvalue weighted by Gasteiger charge is -2.15. The molecular weight excluding hydrogens is 420 g/mol. The Balaban J connectivity index is 1.71. The maximum Gasteiger partial charge on any atom is 0.191 e. The summed E-state index contributed by atoms with van der Waals surface area (Å²) < 4.78 is 0.828. The number of carbonyl (C=O) groups is 2. The summed E-state index contributed by atoms with van der Waals surface area (Å²) in [6, 6.07) is 19.7. The van der Waals surface area contributed by atoms with Gasteiger partial charge in [-0.25, -0.2) is 0 Å². The molecule has 0 unspecified atom stereocenters. The van der Waals surface area contributed by atoms with Gasteiger partial charge in [-0.15, -0.1) is 23.5 Å². The fraction of sp³-hybridized carbons (Fsp3) is 0.111. The number of hydrogen-bond donors (Lipinski definition) is 0. The second-order valence-corrected chi connectivity index (χ2v) is 9.17. The maximum absolute atomic E-state index is 12.9. The Labute approximate surface area is 192 Å². The summed E-state index contributed by atoms with van der Waals surface area (Å²) in [5, 5.41) is 0. The summed E-state index contributed by atoms with van der Waals surface area (Å²) in [5.41, 5.74) is 2.38. The minimum atomic E-state index is -0.253. The van der Waals surface area contributed by atoms with Crippen molar-refractivity contribution in [3.05, 3.63) is 118 Å². The molecule has 1 aliphatic rings. The first-order valence-electron chi connectivity index (χ1n) is 10.1. The number of rotatable bonds is 8. The van der Waals surface area contributed by atoms with Gasteiger partial charge in [0.1, 0.15) is 0 Å². The smallest absolute Gasteiger partial charge is 0.191 e. The van der Waals surface area contributed by atoms with Gasteiger partial charge in [-0.05, 0) is 41.2 Å². The zero-order valence-corrected chi connectivity index (χ0v) is 18.8. The zero-order valence-electron chi connectivity index (χ0n) is 17.1. The van der Waals surface area contributed by atoms with Gasteiger partial charge < -0.3 is 0 Å². The summed E-state index contributed by atoms with van der Waals surface area (Å²) in [7, 11) is 0. The lowest BCUT2D eigenvalue weighted by molar-refractivity contribution is -0.116. The predicted octanol–water partition coefficient (Wildman–Crippen LogP) is 6.75. The van der Waals surface area contributed by atoms with Crippen molar-refractivity contribution in [1.29, 1.82) is 0 Å². The fourth-order valence-corrected chi connectivity index (χ4v) is 5.47. The second kappa shape index (κ2) is 12.8. The standard InChI is InChI=1S/C27H24O2S2/c28-24(18-9-7-16-22-12-3-1-4-13-22)26(27-30-20-11-21-31-27)25(29)19-10-8-17-23-14-5-2-6-15-23/h1-10,12-19H,11,20-21H2/b16-7+,17-8+,18-9+,19-10+. The number of thioether (sulfide) groups is 2. The number of hydrogen-bond acceptors (Lipinski definition) is 4. The molecule has 156 valence electrons. The molecule has 0 spiro atoms. The molecule has 1 heterocycles. The third kappa shape index (κ3) is 7.74. The molecule has 0 N–H and O–H groups in total. The Kier molecular flexibility index (Phi) is 9.42. The van der Waals surface area contributed by atoms with E-state index in [0.29, 0.717) is 0 Å². The van der Waals surface area contributed by atoms with Crippen molar-refractivity contribution in [2.24, 2.45) is 0 Å². The number of benzene rings is 2. The van der Waals surface area contributed by atoms with Crippen LogP contribution in [0.15, 0.2) is 107 Å². The van der Waals surface area contributed by atoms with Gasteiger partial charge in [0.15, 0.2) is 11.6 Å². The van der Waals surface area contributed by atoms with Crippen LogP contribution in [0.1, 0.15) is 17.5 Å². The van der Waals surface area contributed by atoms with Crippen molar-refractivity contribution >= 4 is 47.2 Å². The van der Waals surface area contributed by atoms with Gasteiger partial charge in [0.05, 0.1) is 9.81 Å².